The van der Waals surface area contributed by atoms with Gasteiger partial charge in [0, 0.05) is 0 Å². The predicted molar refractivity (Wildman–Crippen MR) is 39.1 cm³/mol. The molecule has 2 aliphatic rings. The lowest BCUT2D eigenvalue weighted by atomic mass is 9.79. The average molecular weight is 133 g/mol. The maximum absolute atomic E-state index is 8.86. The zero-order chi connectivity index (χ0) is 7.19. The molecule has 0 aromatic carbocycles. The quantitative estimate of drug-likeness (QED) is 0.464. The predicted octanol–water partition coefficient (Wildman–Crippen LogP) is 2.11. The molecule has 52 valence electrons. The second-order valence-electron chi connectivity index (χ2n) is 3.72. The number of allylic oxidation sites excluding steroid dienone is 2. The van der Waals surface area contributed by atoms with Crippen molar-refractivity contribution < 1.29 is 0 Å². The van der Waals surface area contributed by atoms with Crippen molar-refractivity contribution >= 4 is 0 Å². The summed E-state index contributed by atoms with van der Waals surface area (Å²) in [5, 5.41) is 8.86. The van der Waals surface area contributed by atoms with Gasteiger partial charge in [-0.1, -0.05) is 12.2 Å². The van der Waals surface area contributed by atoms with Crippen LogP contribution in [0.4, 0.5) is 0 Å². The lowest BCUT2D eigenvalue weighted by molar-refractivity contribution is 0.367. The number of hydrogen-bond acceptors (Lipinski definition) is 1. The van der Waals surface area contributed by atoms with Gasteiger partial charge in [0.1, 0.15) is 0 Å². The normalized spacial score (nSPS) is 49.6. The highest BCUT2D eigenvalue weighted by Gasteiger charge is 2.45. The zero-order valence-electron chi connectivity index (χ0n) is 6.17. The lowest BCUT2D eigenvalue weighted by Crippen LogP contribution is -2.18. The monoisotopic (exact) mass is 133 g/mol. The second-order valence-corrected chi connectivity index (χ2v) is 3.72. The first kappa shape index (κ1) is 5.97. The Morgan fingerprint density at radius 2 is 2.40 bits per heavy atom. The summed E-state index contributed by atoms with van der Waals surface area (Å²) in [6.45, 7) is 2.08. The van der Waals surface area contributed by atoms with Crippen molar-refractivity contribution in [2.75, 3.05) is 0 Å². The fraction of sp³-hybridized carbons (Fsp3) is 0.667. The molecule has 0 aromatic rings. The number of nitrogens with zero attached hydrogens (tertiary/aromatic N) is 1. The van der Waals surface area contributed by atoms with Crippen LogP contribution in [0.5, 0.6) is 0 Å². The van der Waals surface area contributed by atoms with Crippen molar-refractivity contribution in [3.63, 3.8) is 0 Å². The van der Waals surface area contributed by atoms with Crippen LogP contribution in [0.25, 0.3) is 0 Å². The molecule has 0 heterocycles. The van der Waals surface area contributed by atoms with E-state index in [2.05, 4.69) is 25.1 Å². The van der Waals surface area contributed by atoms with Crippen molar-refractivity contribution in [1.82, 2.24) is 0 Å². The topological polar surface area (TPSA) is 23.8 Å². The van der Waals surface area contributed by atoms with Crippen LogP contribution in [0.1, 0.15) is 19.8 Å². The summed E-state index contributed by atoms with van der Waals surface area (Å²) >= 11 is 0. The van der Waals surface area contributed by atoms with Gasteiger partial charge in [0.2, 0.25) is 0 Å². The fourth-order valence-electron chi connectivity index (χ4n) is 2.22. The van der Waals surface area contributed by atoms with Crippen molar-refractivity contribution in [3.8, 4) is 6.07 Å². The molecule has 2 rings (SSSR count). The van der Waals surface area contributed by atoms with Crippen LogP contribution in [0, 0.1) is 28.6 Å². The van der Waals surface area contributed by atoms with Crippen LogP contribution in [0.15, 0.2) is 12.2 Å². The fourth-order valence-corrected chi connectivity index (χ4v) is 2.22. The lowest BCUT2D eigenvalue weighted by Gasteiger charge is -2.22. The van der Waals surface area contributed by atoms with Gasteiger partial charge in [-0.2, -0.15) is 5.26 Å². The summed E-state index contributed by atoms with van der Waals surface area (Å²) in [4.78, 5) is 0. The van der Waals surface area contributed by atoms with Gasteiger partial charge >= 0.3 is 0 Å². The molecular formula is C9H11N. The van der Waals surface area contributed by atoms with Crippen LogP contribution < -0.4 is 0 Å². The van der Waals surface area contributed by atoms with Gasteiger partial charge in [-0.15, -0.1) is 0 Å². The highest BCUT2D eigenvalue weighted by molar-refractivity contribution is 5.20. The van der Waals surface area contributed by atoms with E-state index in [1.165, 1.54) is 6.42 Å². The minimum absolute atomic E-state index is 0.0284. The number of fused-ring (bicyclic) bond motifs is 2. The van der Waals surface area contributed by atoms with Crippen LogP contribution in [0.2, 0.25) is 0 Å². The van der Waals surface area contributed by atoms with Crippen molar-refractivity contribution in [2.45, 2.75) is 19.8 Å². The maximum atomic E-state index is 8.86. The molecular weight excluding hydrogens is 122 g/mol. The van der Waals surface area contributed by atoms with Crippen LogP contribution in [-0.4, -0.2) is 0 Å². The summed E-state index contributed by atoms with van der Waals surface area (Å²) in [6, 6.07) is 2.42. The van der Waals surface area contributed by atoms with Gasteiger partial charge in [-0.3, -0.25) is 0 Å². The summed E-state index contributed by atoms with van der Waals surface area (Å²) in [7, 11) is 0. The highest BCUT2D eigenvalue weighted by Crippen LogP contribution is 2.51. The Morgan fingerprint density at radius 1 is 1.60 bits per heavy atom. The van der Waals surface area contributed by atoms with E-state index >= 15 is 0 Å². The van der Waals surface area contributed by atoms with E-state index in [0.29, 0.717) is 5.92 Å². The van der Waals surface area contributed by atoms with Gasteiger partial charge in [0.05, 0.1) is 11.5 Å². The van der Waals surface area contributed by atoms with Crippen LogP contribution >= 0.6 is 0 Å². The number of hydrogen-bond donors (Lipinski definition) is 0. The summed E-state index contributed by atoms with van der Waals surface area (Å²) in [6.07, 6.45) is 6.80. The Hall–Kier alpha value is -0.770. The highest BCUT2D eigenvalue weighted by atomic mass is 14.5. The summed E-state index contributed by atoms with van der Waals surface area (Å²) < 4.78 is 0. The minimum atomic E-state index is -0.0284. The van der Waals surface area contributed by atoms with E-state index in [4.69, 9.17) is 5.26 Å². The Kier molecular flexibility index (Phi) is 0.976. The average Bonchev–Trinajstić information content (AvgIpc) is 2.46. The molecule has 2 aliphatic carbocycles. The third kappa shape index (κ3) is 0.568. The van der Waals surface area contributed by atoms with Crippen LogP contribution in [0.3, 0.4) is 0 Å². The minimum Gasteiger partial charge on any atom is -0.198 e. The molecule has 0 aliphatic heterocycles. The molecule has 0 N–H and O–H groups in total. The Bertz CT molecular complexity index is 223. The molecule has 0 aromatic heterocycles. The molecule has 2 bridgehead atoms. The maximum Gasteiger partial charge on any atom is 0.0693 e. The van der Waals surface area contributed by atoms with E-state index in [1.54, 1.807) is 0 Å². The number of rotatable bonds is 0. The van der Waals surface area contributed by atoms with Crippen LogP contribution in [-0.2, 0) is 0 Å². The molecule has 0 saturated heterocycles. The molecule has 0 unspecified atom stereocenters. The second kappa shape index (κ2) is 1.63. The first-order chi connectivity index (χ1) is 4.74. The summed E-state index contributed by atoms with van der Waals surface area (Å²) in [5.41, 5.74) is -0.0284. The molecule has 3 atom stereocenters. The van der Waals surface area contributed by atoms with Crippen molar-refractivity contribution in [2.24, 2.45) is 17.3 Å². The molecule has 0 radical (unpaired) electrons. The number of nitriles is 1. The first-order valence-electron chi connectivity index (χ1n) is 3.84. The zero-order valence-corrected chi connectivity index (χ0v) is 6.17. The Morgan fingerprint density at radius 3 is 2.70 bits per heavy atom. The third-order valence-corrected chi connectivity index (χ3v) is 2.93. The summed E-state index contributed by atoms with van der Waals surface area (Å²) in [5.74, 6) is 1.28. The van der Waals surface area contributed by atoms with Gasteiger partial charge in [-0.25, -0.2) is 0 Å². The molecule has 0 amide bonds. The Labute approximate surface area is 61.4 Å². The van der Waals surface area contributed by atoms with E-state index in [0.717, 1.165) is 12.3 Å². The third-order valence-electron chi connectivity index (χ3n) is 2.93. The van der Waals surface area contributed by atoms with Crippen molar-refractivity contribution in [3.05, 3.63) is 12.2 Å². The smallest absolute Gasteiger partial charge is 0.0693 e. The first-order valence-corrected chi connectivity index (χ1v) is 3.84. The van der Waals surface area contributed by atoms with E-state index in [1.807, 2.05) is 0 Å². The molecule has 1 heteroatoms. The van der Waals surface area contributed by atoms with Crippen molar-refractivity contribution in [1.29, 1.82) is 5.26 Å². The van der Waals surface area contributed by atoms with Gasteiger partial charge in [-0.05, 0) is 31.6 Å². The molecule has 1 saturated carbocycles. The molecule has 1 nitrogen and oxygen atoms in total. The van der Waals surface area contributed by atoms with Gasteiger partial charge in [0.15, 0.2) is 0 Å². The van der Waals surface area contributed by atoms with Gasteiger partial charge in [0.25, 0.3) is 0 Å². The SMILES string of the molecule is C[C@@]1(C#N)C[C@@H]2C=C[C@H]1C2. The standard InChI is InChI=1S/C9H11N/c1-9(6-10)5-7-2-3-8(9)4-7/h2-3,7-8H,4-5H2,1H3/t7-,8+,9+/m1/s1. The van der Waals surface area contributed by atoms with Gasteiger partial charge < -0.3 is 0 Å². The molecule has 10 heavy (non-hydrogen) atoms. The largest absolute Gasteiger partial charge is 0.198 e. The molecule has 0 spiro atoms. The van der Waals surface area contributed by atoms with E-state index in [-0.39, 0.29) is 5.41 Å². The van der Waals surface area contributed by atoms with E-state index in [9.17, 15) is 0 Å². The Balaban J connectivity index is 2.33. The van der Waals surface area contributed by atoms with E-state index < -0.39 is 0 Å². The molecule has 1 fully saturated rings.